The molecule has 9 nitrogen and oxygen atoms in total. The largest absolute Gasteiger partial charge is 0.508 e. The molecule has 0 bridgehead atoms. The Morgan fingerprint density at radius 3 is 2.81 bits per heavy atom. The van der Waals surface area contributed by atoms with E-state index in [0.29, 0.717) is 11.6 Å². The zero-order chi connectivity index (χ0) is 15.6. The summed E-state index contributed by atoms with van der Waals surface area (Å²) in [7, 11) is 1.47. The molecule has 2 aromatic rings. The smallest absolute Gasteiger partial charge is 0.282 e. The highest BCUT2D eigenvalue weighted by Gasteiger charge is 2.24. The molecule has 1 aromatic carbocycles. The predicted molar refractivity (Wildman–Crippen MR) is 71.7 cm³/mol. The molecule has 0 radical (unpaired) electrons. The summed E-state index contributed by atoms with van der Waals surface area (Å²) in [6.07, 6.45) is 0. The van der Waals surface area contributed by atoms with Crippen molar-refractivity contribution in [3.63, 3.8) is 0 Å². The zero-order valence-electron chi connectivity index (χ0n) is 11.4. The molecule has 0 saturated carbocycles. The van der Waals surface area contributed by atoms with Gasteiger partial charge >= 0.3 is 0 Å². The quantitative estimate of drug-likeness (QED) is 0.639. The first kappa shape index (κ1) is 14.4. The van der Waals surface area contributed by atoms with Gasteiger partial charge in [0.15, 0.2) is 5.82 Å². The molecule has 0 spiro atoms. The Labute approximate surface area is 119 Å². The molecule has 9 heteroatoms. The fraction of sp³-hybridized carbons (Fsp3) is 0.250. The number of carbonyl (C=O) groups is 1. The van der Waals surface area contributed by atoms with Gasteiger partial charge in [-0.15, -0.1) is 0 Å². The number of nitrogens with one attached hydrogen (secondary N) is 1. The van der Waals surface area contributed by atoms with E-state index in [0.717, 1.165) is 18.2 Å². The maximum absolute atomic E-state index is 12.3. The second-order valence-corrected chi connectivity index (χ2v) is 4.46. The van der Waals surface area contributed by atoms with E-state index in [9.17, 15) is 20.0 Å². The van der Waals surface area contributed by atoms with E-state index in [-0.39, 0.29) is 23.5 Å². The lowest BCUT2D eigenvalue weighted by atomic mass is 10.1. The molecule has 1 heterocycles. The summed E-state index contributed by atoms with van der Waals surface area (Å²) in [5, 5.41) is 26.9. The molecule has 1 amide bonds. The summed E-state index contributed by atoms with van der Waals surface area (Å²) >= 11 is 0. The number of aryl methyl sites for hydroxylation is 1. The van der Waals surface area contributed by atoms with Crippen LogP contribution in [0.4, 0.5) is 5.69 Å². The molecule has 0 atom stereocenters. The van der Waals surface area contributed by atoms with Crippen molar-refractivity contribution in [2.75, 3.05) is 7.05 Å². The Morgan fingerprint density at radius 1 is 1.52 bits per heavy atom. The van der Waals surface area contributed by atoms with Gasteiger partial charge in [0.1, 0.15) is 17.1 Å². The van der Waals surface area contributed by atoms with Crippen molar-refractivity contribution in [2.24, 2.45) is 0 Å². The summed E-state index contributed by atoms with van der Waals surface area (Å²) < 4.78 is 0. The molecule has 0 aliphatic carbocycles. The second-order valence-electron chi connectivity index (χ2n) is 4.46. The standard InChI is InChI=1S/C12H13N5O4/c1-7-13-11(15-14-7)6-16(2)12(19)9-5-8(18)3-4-10(9)17(20)21/h3-5,18H,6H2,1-2H3,(H,13,14,15). The first-order chi connectivity index (χ1) is 9.88. The van der Waals surface area contributed by atoms with E-state index in [1.165, 1.54) is 11.9 Å². The van der Waals surface area contributed by atoms with Crippen LogP contribution < -0.4 is 0 Å². The lowest BCUT2D eigenvalue weighted by Gasteiger charge is -2.15. The number of amides is 1. The highest BCUT2D eigenvalue weighted by Crippen LogP contribution is 2.24. The fourth-order valence-corrected chi connectivity index (χ4v) is 1.80. The van der Waals surface area contributed by atoms with Gasteiger partial charge in [-0.05, 0) is 19.1 Å². The Hall–Kier alpha value is -2.97. The number of aromatic amines is 1. The molecule has 0 aliphatic heterocycles. The molecule has 0 fully saturated rings. The first-order valence-electron chi connectivity index (χ1n) is 5.99. The van der Waals surface area contributed by atoms with Crippen LogP contribution in [-0.2, 0) is 6.54 Å². The Kier molecular flexibility index (Phi) is 3.83. The van der Waals surface area contributed by atoms with Crippen molar-refractivity contribution < 1.29 is 14.8 Å². The Balaban J connectivity index is 2.26. The summed E-state index contributed by atoms with van der Waals surface area (Å²) in [5.41, 5.74) is -0.550. The number of phenolic OH excluding ortho intramolecular Hbond substituents is 1. The molecule has 110 valence electrons. The number of benzene rings is 1. The van der Waals surface area contributed by atoms with Crippen molar-refractivity contribution in [3.05, 3.63) is 45.5 Å². The number of carbonyl (C=O) groups excluding carboxylic acids is 1. The summed E-state index contributed by atoms with van der Waals surface area (Å²) in [6.45, 7) is 1.81. The van der Waals surface area contributed by atoms with Crippen LogP contribution in [0.3, 0.4) is 0 Å². The van der Waals surface area contributed by atoms with E-state index in [1.807, 2.05) is 0 Å². The number of phenols is 1. The topological polar surface area (TPSA) is 125 Å². The first-order valence-corrected chi connectivity index (χ1v) is 5.99. The minimum absolute atomic E-state index is 0.0932. The number of hydrogen-bond donors (Lipinski definition) is 2. The van der Waals surface area contributed by atoms with Crippen LogP contribution in [0.15, 0.2) is 18.2 Å². The van der Waals surface area contributed by atoms with Crippen LogP contribution in [0.25, 0.3) is 0 Å². The van der Waals surface area contributed by atoms with E-state index in [4.69, 9.17) is 0 Å². The number of aromatic nitrogens is 3. The highest BCUT2D eigenvalue weighted by atomic mass is 16.6. The monoisotopic (exact) mass is 291 g/mol. The highest BCUT2D eigenvalue weighted by molar-refractivity contribution is 5.98. The van der Waals surface area contributed by atoms with Crippen molar-refractivity contribution >= 4 is 11.6 Å². The number of rotatable bonds is 4. The van der Waals surface area contributed by atoms with Gasteiger partial charge in [0, 0.05) is 13.1 Å². The van der Waals surface area contributed by atoms with Gasteiger partial charge < -0.3 is 10.0 Å². The van der Waals surface area contributed by atoms with Gasteiger partial charge in [0.2, 0.25) is 0 Å². The number of nitrogens with zero attached hydrogens (tertiary/aromatic N) is 4. The van der Waals surface area contributed by atoms with Crippen molar-refractivity contribution in [3.8, 4) is 5.75 Å². The SMILES string of the molecule is Cc1nc(CN(C)C(=O)c2cc(O)ccc2[N+](=O)[O-])n[nH]1. The molecular weight excluding hydrogens is 278 g/mol. The molecule has 0 saturated heterocycles. The van der Waals surface area contributed by atoms with Crippen LogP contribution in [0.5, 0.6) is 5.75 Å². The minimum Gasteiger partial charge on any atom is -0.508 e. The van der Waals surface area contributed by atoms with Crippen LogP contribution in [-0.4, -0.2) is 43.1 Å². The number of nitro benzene ring substituents is 1. The maximum atomic E-state index is 12.3. The van der Waals surface area contributed by atoms with Crippen LogP contribution in [0.1, 0.15) is 22.0 Å². The molecule has 0 unspecified atom stereocenters. The molecule has 1 aromatic heterocycles. The van der Waals surface area contributed by atoms with E-state index in [1.54, 1.807) is 6.92 Å². The molecule has 21 heavy (non-hydrogen) atoms. The van der Waals surface area contributed by atoms with Gasteiger partial charge in [0.25, 0.3) is 11.6 Å². The third-order valence-electron chi connectivity index (χ3n) is 2.78. The van der Waals surface area contributed by atoms with Gasteiger partial charge in [-0.2, -0.15) is 5.10 Å². The third-order valence-corrected chi connectivity index (χ3v) is 2.78. The number of hydrogen-bond acceptors (Lipinski definition) is 6. The summed E-state index contributed by atoms with van der Waals surface area (Å²) in [5.74, 6) is 0.187. The summed E-state index contributed by atoms with van der Waals surface area (Å²) in [6, 6.07) is 3.32. The number of H-pyrrole nitrogens is 1. The van der Waals surface area contributed by atoms with Crippen LogP contribution >= 0.6 is 0 Å². The van der Waals surface area contributed by atoms with Gasteiger partial charge in [0.05, 0.1) is 11.5 Å². The van der Waals surface area contributed by atoms with Crippen LogP contribution in [0.2, 0.25) is 0 Å². The van der Waals surface area contributed by atoms with Crippen LogP contribution in [0, 0.1) is 17.0 Å². The Morgan fingerprint density at radius 2 is 2.24 bits per heavy atom. The Bertz CT molecular complexity index is 697. The zero-order valence-corrected chi connectivity index (χ0v) is 11.4. The fourth-order valence-electron chi connectivity index (χ4n) is 1.80. The van der Waals surface area contributed by atoms with Gasteiger partial charge in [-0.3, -0.25) is 20.0 Å². The number of nitro groups is 1. The second kappa shape index (κ2) is 5.57. The molecule has 0 aliphatic rings. The lowest BCUT2D eigenvalue weighted by Crippen LogP contribution is -2.27. The van der Waals surface area contributed by atoms with E-state index in [2.05, 4.69) is 15.2 Å². The minimum atomic E-state index is -0.669. The van der Waals surface area contributed by atoms with Gasteiger partial charge in [-0.1, -0.05) is 0 Å². The van der Waals surface area contributed by atoms with Crippen molar-refractivity contribution in [2.45, 2.75) is 13.5 Å². The average molecular weight is 291 g/mol. The van der Waals surface area contributed by atoms with E-state index >= 15 is 0 Å². The third kappa shape index (κ3) is 3.14. The van der Waals surface area contributed by atoms with E-state index < -0.39 is 10.8 Å². The molecule has 2 rings (SSSR count). The van der Waals surface area contributed by atoms with Gasteiger partial charge in [-0.25, -0.2) is 4.98 Å². The van der Waals surface area contributed by atoms with Crippen molar-refractivity contribution in [1.29, 1.82) is 0 Å². The number of aromatic hydroxyl groups is 1. The molecular formula is C12H13N5O4. The average Bonchev–Trinajstić information content (AvgIpc) is 2.82. The summed E-state index contributed by atoms with van der Waals surface area (Å²) in [4.78, 5) is 27.9. The normalized spacial score (nSPS) is 10.4. The lowest BCUT2D eigenvalue weighted by molar-refractivity contribution is -0.385. The maximum Gasteiger partial charge on any atom is 0.282 e. The predicted octanol–water partition coefficient (Wildman–Crippen LogP) is 0.999. The van der Waals surface area contributed by atoms with Crippen molar-refractivity contribution in [1.82, 2.24) is 20.1 Å². The molecule has 2 N–H and O–H groups in total.